The second-order valence-electron chi connectivity index (χ2n) is 5.45. The Kier molecular flexibility index (Phi) is 7.03. The average Bonchev–Trinajstić information content (AvgIpc) is 2.39. The molecular formula is C16H27FN2. The molecule has 2 atom stereocenters. The van der Waals surface area contributed by atoms with Crippen molar-refractivity contribution in [2.24, 2.45) is 0 Å². The molecule has 1 rings (SSSR count). The summed E-state index contributed by atoms with van der Waals surface area (Å²) in [6.07, 6.45) is 2.40. The van der Waals surface area contributed by atoms with Gasteiger partial charge in [0, 0.05) is 30.7 Å². The van der Waals surface area contributed by atoms with Gasteiger partial charge in [0.05, 0.1) is 0 Å². The Morgan fingerprint density at radius 3 is 2.58 bits per heavy atom. The van der Waals surface area contributed by atoms with Gasteiger partial charge in [-0.2, -0.15) is 0 Å². The van der Waals surface area contributed by atoms with Crippen molar-refractivity contribution in [2.75, 3.05) is 13.6 Å². The van der Waals surface area contributed by atoms with Crippen molar-refractivity contribution in [1.29, 1.82) is 0 Å². The lowest BCUT2D eigenvalue weighted by Gasteiger charge is -2.26. The highest BCUT2D eigenvalue weighted by molar-refractivity contribution is 5.17. The van der Waals surface area contributed by atoms with Crippen LogP contribution >= 0.6 is 0 Å². The van der Waals surface area contributed by atoms with Crippen LogP contribution in [0.3, 0.4) is 0 Å². The maximum absolute atomic E-state index is 13.6. The molecule has 2 unspecified atom stereocenters. The van der Waals surface area contributed by atoms with Crippen LogP contribution in [0.2, 0.25) is 0 Å². The van der Waals surface area contributed by atoms with Gasteiger partial charge >= 0.3 is 0 Å². The highest BCUT2D eigenvalue weighted by atomic mass is 19.1. The van der Waals surface area contributed by atoms with Crippen LogP contribution in [-0.2, 0) is 6.54 Å². The van der Waals surface area contributed by atoms with Crippen molar-refractivity contribution < 1.29 is 4.39 Å². The molecule has 1 aromatic carbocycles. The monoisotopic (exact) mass is 266 g/mol. The summed E-state index contributed by atoms with van der Waals surface area (Å²) in [6.45, 7) is 8.18. The van der Waals surface area contributed by atoms with Crippen LogP contribution in [0.4, 0.5) is 4.39 Å². The Balaban J connectivity index is 2.40. The minimum Gasteiger partial charge on any atom is -0.313 e. The smallest absolute Gasteiger partial charge is 0.127 e. The summed E-state index contributed by atoms with van der Waals surface area (Å²) < 4.78 is 13.6. The first-order valence-electron chi connectivity index (χ1n) is 7.21. The third kappa shape index (κ3) is 5.70. The lowest BCUT2D eigenvalue weighted by molar-refractivity contribution is 0.234. The van der Waals surface area contributed by atoms with Gasteiger partial charge in [-0.25, -0.2) is 4.39 Å². The first-order chi connectivity index (χ1) is 9.04. The highest BCUT2D eigenvalue weighted by Crippen LogP contribution is 2.10. The highest BCUT2D eigenvalue weighted by Gasteiger charge is 2.12. The molecule has 0 aliphatic heterocycles. The zero-order chi connectivity index (χ0) is 14.3. The van der Waals surface area contributed by atoms with Gasteiger partial charge in [0.15, 0.2) is 0 Å². The van der Waals surface area contributed by atoms with E-state index < -0.39 is 0 Å². The number of rotatable bonds is 8. The molecule has 19 heavy (non-hydrogen) atoms. The average molecular weight is 266 g/mol. The number of nitrogens with zero attached hydrogens (tertiary/aromatic N) is 1. The molecule has 0 amide bonds. The van der Waals surface area contributed by atoms with E-state index in [0.29, 0.717) is 18.6 Å². The maximum atomic E-state index is 13.6. The molecule has 0 saturated carbocycles. The molecule has 1 N–H and O–H groups in total. The van der Waals surface area contributed by atoms with Crippen LogP contribution in [-0.4, -0.2) is 30.6 Å². The minimum absolute atomic E-state index is 0.117. The van der Waals surface area contributed by atoms with Crippen molar-refractivity contribution in [3.63, 3.8) is 0 Å². The summed E-state index contributed by atoms with van der Waals surface area (Å²) in [4.78, 5) is 2.18. The van der Waals surface area contributed by atoms with Crippen LogP contribution in [0.15, 0.2) is 24.3 Å². The molecule has 0 aliphatic carbocycles. The Morgan fingerprint density at radius 1 is 1.26 bits per heavy atom. The van der Waals surface area contributed by atoms with Gasteiger partial charge in [-0.05, 0) is 33.4 Å². The SMILES string of the molecule is CCCC(C)NCC(C)N(C)Cc1ccccc1F. The predicted molar refractivity (Wildman–Crippen MR) is 79.7 cm³/mol. The van der Waals surface area contributed by atoms with Gasteiger partial charge in [0.25, 0.3) is 0 Å². The Bertz CT molecular complexity index is 368. The summed E-state index contributed by atoms with van der Waals surface area (Å²) in [5.41, 5.74) is 0.762. The number of halogens is 1. The molecule has 2 nitrogen and oxygen atoms in total. The van der Waals surface area contributed by atoms with Crippen molar-refractivity contribution >= 4 is 0 Å². The topological polar surface area (TPSA) is 15.3 Å². The van der Waals surface area contributed by atoms with E-state index >= 15 is 0 Å². The Hall–Kier alpha value is -0.930. The van der Waals surface area contributed by atoms with Gasteiger partial charge in [0.1, 0.15) is 5.82 Å². The standard InChI is InChI=1S/C16H27FN2/c1-5-8-13(2)18-11-14(3)19(4)12-15-9-6-7-10-16(15)17/h6-7,9-10,13-14,18H,5,8,11-12H2,1-4H3. The van der Waals surface area contributed by atoms with Gasteiger partial charge < -0.3 is 5.32 Å². The minimum atomic E-state index is -0.117. The molecule has 0 radical (unpaired) electrons. The van der Waals surface area contributed by atoms with Crippen molar-refractivity contribution in [2.45, 2.75) is 52.2 Å². The lowest BCUT2D eigenvalue weighted by Crippen LogP contribution is -2.40. The molecule has 0 bridgehead atoms. The van der Waals surface area contributed by atoms with Crippen molar-refractivity contribution in [3.8, 4) is 0 Å². The van der Waals surface area contributed by atoms with E-state index in [2.05, 4.69) is 31.0 Å². The predicted octanol–water partition coefficient (Wildman–Crippen LogP) is 3.42. The van der Waals surface area contributed by atoms with E-state index in [0.717, 1.165) is 12.1 Å². The summed E-state index contributed by atoms with van der Waals surface area (Å²) in [6, 6.07) is 7.93. The molecule has 3 heteroatoms. The summed E-state index contributed by atoms with van der Waals surface area (Å²) in [5, 5.41) is 3.53. The largest absolute Gasteiger partial charge is 0.313 e. The molecule has 0 aromatic heterocycles. The number of nitrogens with one attached hydrogen (secondary N) is 1. The van der Waals surface area contributed by atoms with Gasteiger partial charge in [-0.3, -0.25) is 4.90 Å². The fraction of sp³-hybridized carbons (Fsp3) is 0.625. The summed E-state index contributed by atoms with van der Waals surface area (Å²) >= 11 is 0. The van der Waals surface area contributed by atoms with E-state index in [1.807, 2.05) is 19.2 Å². The number of benzene rings is 1. The van der Waals surface area contributed by atoms with Crippen LogP contribution in [0.5, 0.6) is 0 Å². The first kappa shape index (κ1) is 16.1. The molecular weight excluding hydrogens is 239 g/mol. The maximum Gasteiger partial charge on any atom is 0.127 e. The molecule has 0 saturated heterocycles. The van der Waals surface area contributed by atoms with Gasteiger partial charge in [0.2, 0.25) is 0 Å². The van der Waals surface area contributed by atoms with E-state index in [1.165, 1.54) is 18.9 Å². The normalized spacial score (nSPS) is 14.6. The third-order valence-corrected chi connectivity index (χ3v) is 3.61. The number of likely N-dealkylation sites (N-methyl/N-ethyl adjacent to an activating group) is 1. The van der Waals surface area contributed by atoms with Crippen molar-refractivity contribution in [1.82, 2.24) is 10.2 Å². The van der Waals surface area contributed by atoms with Crippen molar-refractivity contribution in [3.05, 3.63) is 35.6 Å². The molecule has 0 fully saturated rings. The number of hydrogen-bond acceptors (Lipinski definition) is 2. The molecule has 0 aliphatic rings. The molecule has 0 spiro atoms. The Morgan fingerprint density at radius 2 is 1.95 bits per heavy atom. The third-order valence-electron chi connectivity index (χ3n) is 3.61. The van der Waals surface area contributed by atoms with Crippen LogP contribution in [0, 0.1) is 5.82 Å². The number of hydrogen-bond donors (Lipinski definition) is 1. The zero-order valence-electron chi connectivity index (χ0n) is 12.6. The second kappa shape index (κ2) is 8.28. The summed E-state index contributed by atoms with van der Waals surface area (Å²) in [5.74, 6) is -0.117. The van der Waals surface area contributed by atoms with Crippen LogP contribution < -0.4 is 5.32 Å². The van der Waals surface area contributed by atoms with Gasteiger partial charge in [-0.15, -0.1) is 0 Å². The molecule has 0 heterocycles. The molecule has 1 aromatic rings. The Labute approximate surface area is 117 Å². The molecule has 108 valence electrons. The second-order valence-corrected chi connectivity index (χ2v) is 5.45. The summed E-state index contributed by atoms with van der Waals surface area (Å²) in [7, 11) is 2.04. The van der Waals surface area contributed by atoms with Crippen LogP contribution in [0.25, 0.3) is 0 Å². The van der Waals surface area contributed by atoms with E-state index in [-0.39, 0.29) is 5.82 Å². The fourth-order valence-corrected chi connectivity index (χ4v) is 2.11. The lowest BCUT2D eigenvalue weighted by atomic mass is 10.1. The van der Waals surface area contributed by atoms with Crippen LogP contribution in [0.1, 0.15) is 39.2 Å². The van der Waals surface area contributed by atoms with E-state index in [4.69, 9.17) is 0 Å². The van der Waals surface area contributed by atoms with Gasteiger partial charge in [-0.1, -0.05) is 31.5 Å². The van der Waals surface area contributed by atoms with E-state index in [1.54, 1.807) is 6.07 Å². The van der Waals surface area contributed by atoms with E-state index in [9.17, 15) is 4.39 Å². The fourth-order valence-electron chi connectivity index (χ4n) is 2.11. The quantitative estimate of drug-likeness (QED) is 0.775. The first-order valence-corrected chi connectivity index (χ1v) is 7.21. The zero-order valence-corrected chi connectivity index (χ0v) is 12.6.